The van der Waals surface area contributed by atoms with E-state index in [-0.39, 0.29) is 0 Å². The Morgan fingerprint density at radius 1 is 1.04 bits per heavy atom. The smallest absolute Gasteiger partial charge is 0.191 e. The zero-order valence-electron chi connectivity index (χ0n) is 16.4. The molecule has 0 aliphatic rings. The Kier molecular flexibility index (Phi) is 7.07. The molecule has 0 saturated carbocycles. The van der Waals surface area contributed by atoms with Crippen molar-refractivity contribution in [1.82, 2.24) is 20.4 Å². The predicted octanol–water partition coefficient (Wildman–Crippen LogP) is 3.18. The summed E-state index contributed by atoms with van der Waals surface area (Å²) in [6.45, 7) is 4.33. The Labute approximate surface area is 166 Å². The van der Waals surface area contributed by atoms with Crippen LogP contribution in [0.25, 0.3) is 5.69 Å². The second-order valence-corrected chi connectivity index (χ2v) is 6.34. The summed E-state index contributed by atoms with van der Waals surface area (Å²) in [4.78, 5) is 4.69. The lowest BCUT2D eigenvalue weighted by atomic mass is 10.1. The minimum absolute atomic E-state index is 0.622. The molecule has 3 aromatic rings. The molecule has 28 heavy (non-hydrogen) atoms. The molecule has 3 rings (SSSR count). The molecule has 2 N–H and O–H groups in total. The molecule has 6 heteroatoms. The van der Waals surface area contributed by atoms with Gasteiger partial charge < -0.3 is 15.4 Å². The number of guanidine groups is 1. The molecule has 146 valence electrons. The van der Waals surface area contributed by atoms with Crippen LogP contribution in [-0.2, 0) is 13.0 Å². The van der Waals surface area contributed by atoms with Crippen molar-refractivity contribution in [3.8, 4) is 11.4 Å². The zero-order valence-corrected chi connectivity index (χ0v) is 16.4. The molecule has 6 nitrogen and oxygen atoms in total. The Bertz CT molecular complexity index is 855. The molecule has 0 aliphatic heterocycles. The Balaban J connectivity index is 1.53. The van der Waals surface area contributed by atoms with Crippen LogP contribution in [0.5, 0.6) is 5.75 Å². The van der Waals surface area contributed by atoms with Gasteiger partial charge in [-0.3, -0.25) is 0 Å². The summed E-state index contributed by atoms with van der Waals surface area (Å²) >= 11 is 0. The van der Waals surface area contributed by atoms with E-state index in [1.807, 2.05) is 29.1 Å². The molecular formula is C22H27N5O. The van der Waals surface area contributed by atoms with Crippen LogP contribution in [0.2, 0.25) is 0 Å². The van der Waals surface area contributed by atoms with E-state index >= 15 is 0 Å². The molecule has 0 aliphatic carbocycles. The van der Waals surface area contributed by atoms with Gasteiger partial charge in [-0.1, -0.05) is 24.3 Å². The summed E-state index contributed by atoms with van der Waals surface area (Å²) < 4.78 is 7.04. The number of hydrogen-bond donors (Lipinski definition) is 2. The van der Waals surface area contributed by atoms with Crippen molar-refractivity contribution in [2.45, 2.75) is 19.9 Å². The number of hydrogen-bond acceptors (Lipinski definition) is 3. The third-order valence-corrected chi connectivity index (χ3v) is 4.33. The number of ether oxygens (including phenoxy) is 1. The largest absolute Gasteiger partial charge is 0.497 e. The lowest BCUT2D eigenvalue weighted by Crippen LogP contribution is -2.38. The van der Waals surface area contributed by atoms with Crippen molar-refractivity contribution in [2.24, 2.45) is 4.99 Å². The van der Waals surface area contributed by atoms with E-state index in [9.17, 15) is 0 Å². The van der Waals surface area contributed by atoms with Gasteiger partial charge in [0.15, 0.2) is 5.96 Å². The van der Waals surface area contributed by atoms with Crippen molar-refractivity contribution in [3.63, 3.8) is 0 Å². The van der Waals surface area contributed by atoms with Crippen LogP contribution < -0.4 is 15.4 Å². The molecule has 0 fully saturated rings. The van der Waals surface area contributed by atoms with Crippen LogP contribution in [0.1, 0.15) is 18.1 Å². The van der Waals surface area contributed by atoms with Gasteiger partial charge in [-0.15, -0.1) is 0 Å². The number of nitrogens with one attached hydrogen (secondary N) is 2. The van der Waals surface area contributed by atoms with E-state index in [2.05, 4.69) is 64.0 Å². The minimum atomic E-state index is 0.622. The van der Waals surface area contributed by atoms with E-state index in [0.29, 0.717) is 6.54 Å². The molecule has 0 atom stereocenters. The van der Waals surface area contributed by atoms with E-state index in [0.717, 1.165) is 42.5 Å². The van der Waals surface area contributed by atoms with Crippen LogP contribution in [0.3, 0.4) is 0 Å². The van der Waals surface area contributed by atoms with Gasteiger partial charge in [0.25, 0.3) is 0 Å². The van der Waals surface area contributed by atoms with Gasteiger partial charge in [-0.2, -0.15) is 5.10 Å². The maximum absolute atomic E-state index is 5.20. The van der Waals surface area contributed by atoms with Crippen LogP contribution in [0.4, 0.5) is 0 Å². The molecule has 0 bridgehead atoms. The lowest BCUT2D eigenvalue weighted by Gasteiger charge is -2.11. The second kappa shape index (κ2) is 10.2. The van der Waals surface area contributed by atoms with Gasteiger partial charge in [0, 0.05) is 25.5 Å². The Morgan fingerprint density at radius 3 is 2.43 bits per heavy atom. The predicted molar refractivity (Wildman–Crippen MR) is 113 cm³/mol. The SMILES string of the molecule is CCNC(=NCc1ccc(-n2cccn2)cc1)NCCc1ccc(OC)cc1. The number of aromatic nitrogens is 2. The van der Waals surface area contributed by atoms with Crippen LogP contribution in [0, 0.1) is 0 Å². The normalized spacial score (nSPS) is 11.3. The third-order valence-electron chi connectivity index (χ3n) is 4.33. The van der Waals surface area contributed by atoms with Gasteiger partial charge in [0.1, 0.15) is 5.75 Å². The molecule has 0 spiro atoms. The molecular weight excluding hydrogens is 350 g/mol. The third kappa shape index (κ3) is 5.61. The lowest BCUT2D eigenvalue weighted by molar-refractivity contribution is 0.414. The van der Waals surface area contributed by atoms with E-state index in [4.69, 9.17) is 4.74 Å². The van der Waals surface area contributed by atoms with Gasteiger partial charge in [-0.25, -0.2) is 9.67 Å². The summed E-state index contributed by atoms with van der Waals surface area (Å²) in [6.07, 6.45) is 4.63. The van der Waals surface area contributed by atoms with Gasteiger partial charge >= 0.3 is 0 Å². The molecule has 0 unspecified atom stereocenters. The first-order chi connectivity index (χ1) is 13.8. The molecule has 0 saturated heterocycles. The van der Waals surface area contributed by atoms with Crippen molar-refractivity contribution < 1.29 is 4.74 Å². The maximum Gasteiger partial charge on any atom is 0.191 e. The fourth-order valence-corrected chi connectivity index (χ4v) is 2.81. The van der Waals surface area contributed by atoms with E-state index in [1.54, 1.807) is 13.3 Å². The fraction of sp³-hybridized carbons (Fsp3) is 0.273. The molecule has 0 amide bonds. The van der Waals surface area contributed by atoms with Crippen LogP contribution in [0.15, 0.2) is 72.0 Å². The fourth-order valence-electron chi connectivity index (χ4n) is 2.81. The number of nitrogens with zero attached hydrogens (tertiary/aromatic N) is 3. The molecule has 0 radical (unpaired) electrons. The first-order valence-electron chi connectivity index (χ1n) is 9.52. The van der Waals surface area contributed by atoms with Gasteiger partial charge in [0.2, 0.25) is 0 Å². The highest BCUT2D eigenvalue weighted by Crippen LogP contribution is 2.11. The quantitative estimate of drug-likeness (QED) is 0.467. The maximum atomic E-state index is 5.20. The summed E-state index contributed by atoms with van der Waals surface area (Å²) in [5, 5.41) is 10.9. The average molecular weight is 377 g/mol. The summed E-state index contributed by atoms with van der Waals surface area (Å²) in [6, 6.07) is 18.4. The zero-order chi connectivity index (χ0) is 19.6. The van der Waals surface area contributed by atoms with Gasteiger partial charge in [-0.05, 0) is 54.8 Å². The Morgan fingerprint density at radius 2 is 1.79 bits per heavy atom. The summed E-state index contributed by atoms with van der Waals surface area (Å²) in [5.74, 6) is 1.71. The molecule has 1 heterocycles. The Hall–Kier alpha value is -3.28. The van der Waals surface area contributed by atoms with Crippen LogP contribution >= 0.6 is 0 Å². The topological polar surface area (TPSA) is 63.5 Å². The summed E-state index contributed by atoms with van der Waals surface area (Å²) in [5.41, 5.74) is 3.46. The van der Waals surface area contributed by atoms with Crippen molar-refractivity contribution in [2.75, 3.05) is 20.2 Å². The number of aliphatic imine (C=N–C) groups is 1. The van der Waals surface area contributed by atoms with E-state index < -0.39 is 0 Å². The van der Waals surface area contributed by atoms with E-state index in [1.165, 1.54) is 5.56 Å². The highest BCUT2D eigenvalue weighted by Gasteiger charge is 2.00. The first kappa shape index (κ1) is 19.5. The molecule has 2 aromatic carbocycles. The average Bonchev–Trinajstić information content (AvgIpc) is 3.28. The number of rotatable bonds is 8. The number of methoxy groups -OCH3 is 1. The number of benzene rings is 2. The summed E-state index contributed by atoms with van der Waals surface area (Å²) in [7, 11) is 1.68. The highest BCUT2D eigenvalue weighted by atomic mass is 16.5. The first-order valence-corrected chi connectivity index (χ1v) is 9.52. The standard InChI is InChI=1S/C22H27N5O/c1-3-23-22(24-15-13-18-7-11-21(28-2)12-8-18)25-17-19-5-9-20(10-6-19)27-16-4-14-26-27/h4-12,14,16H,3,13,15,17H2,1-2H3,(H2,23,24,25). The van der Waals surface area contributed by atoms with Crippen molar-refractivity contribution in [3.05, 3.63) is 78.1 Å². The highest BCUT2D eigenvalue weighted by molar-refractivity contribution is 5.79. The minimum Gasteiger partial charge on any atom is -0.497 e. The van der Waals surface area contributed by atoms with Crippen LogP contribution in [-0.4, -0.2) is 35.9 Å². The monoisotopic (exact) mass is 377 g/mol. The van der Waals surface area contributed by atoms with Gasteiger partial charge in [0.05, 0.1) is 19.3 Å². The van der Waals surface area contributed by atoms with Crippen molar-refractivity contribution >= 4 is 5.96 Å². The van der Waals surface area contributed by atoms with Crippen molar-refractivity contribution in [1.29, 1.82) is 0 Å². The molecule has 1 aromatic heterocycles. The second-order valence-electron chi connectivity index (χ2n) is 6.34.